The molecule has 3 rings (SSSR count). The van der Waals surface area contributed by atoms with Crippen molar-refractivity contribution in [1.82, 2.24) is 10.3 Å². The van der Waals surface area contributed by atoms with Crippen LogP contribution in [0.1, 0.15) is 25.7 Å². The molecule has 2 aromatic rings. The third kappa shape index (κ3) is 4.93. The van der Waals surface area contributed by atoms with Gasteiger partial charge in [0.2, 0.25) is 0 Å². The number of benzene rings is 1. The molecule has 5 nitrogen and oxygen atoms in total. The van der Waals surface area contributed by atoms with E-state index in [0.717, 1.165) is 25.7 Å². The van der Waals surface area contributed by atoms with Crippen LogP contribution in [0.3, 0.4) is 0 Å². The van der Waals surface area contributed by atoms with Crippen molar-refractivity contribution in [2.75, 3.05) is 10.6 Å². The van der Waals surface area contributed by atoms with Gasteiger partial charge in [-0.3, -0.25) is 4.98 Å². The van der Waals surface area contributed by atoms with Crippen LogP contribution in [0, 0.1) is 0 Å². The van der Waals surface area contributed by atoms with Gasteiger partial charge in [-0.05, 0) is 31.0 Å². The average molecular weight is 414 g/mol. The fourth-order valence-electron chi connectivity index (χ4n) is 3.11. The fourth-order valence-corrected chi connectivity index (χ4v) is 3.78. The monoisotopic (exact) mass is 412 g/mol. The van der Waals surface area contributed by atoms with E-state index in [4.69, 9.17) is 34.8 Å². The smallest absolute Gasteiger partial charge is 0.319 e. The van der Waals surface area contributed by atoms with Gasteiger partial charge in [-0.15, -0.1) is 0 Å². The predicted molar refractivity (Wildman–Crippen MR) is 108 cm³/mol. The maximum atomic E-state index is 12.4. The molecule has 8 heteroatoms. The highest BCUT2D eigenvalue weighted by Gasteiger charge is 2.27. The Kier molecular flexibility index (Phi) is 6.46. The molecule has 1 aliphatic carbocycles. The molecular weight excluding hydrogens is 395 g/mol. The maximum absolute atomic E-state index is 12.4. The van der Waals surface area contributed by atoms with Gasteiger partial charge in [-0.25, -0.2) is 4.79 Å². The van der Waals surface area contributed by atoms with Crippen LogP contribution in [0.25, 0.3) is 0 Å². The third-order valence-electron chi connectivity index (χ3n) is 4.35. The fraction of sp³-hybridized carbons (Fsp3) is 0.333. The zero-order valence-electron chi connectivity index (χ0n) is 13.9. The molecule has 1 aromatic carbocycles. The second kappa shape index (κ2) is 8.80. The number of nitrogens with zero attached hydrogens (tertiary/aromatic N) is 1. The largest absolute Gasteiger partial charge is 0.378 e. The SMILES string of the molecule is O=C(Nc1cccc(Cl)c1)NC1CCCCC1Nc1c(Cl)cncc1Cl. The Morgan fingerprint density at radius 1 is 1.04 bits per heavy atom. The number of nitrogens with one attached hydrogen (secondary N) is 3. The number of hydrogen-bond acceptors (Lipinski definition) is 3. The van der Waals surface area contributed by atoms with Crippen LogP contribution in [-0.4, -0.2) is 23.1 Å². The van der Waals surface area contributed by atoms with E-state index in [1.165, 1.54) is 0 Å². The Labute approximate surface area is 167 Å². The van der Waals surface area contributed by atoms with E-state index in [1.54, 1.807) is 36.7 Å². The summed E-state index contributed by atoms with van der Waals surface area (Å²) >= 11 is 18.4. The summed E-state index contributed by atoms with van der Waals surface area (Å²) < 4.78 is 0. The number of anilines is 2. The Hall–Kier alpha value is -1.69. The van der Waals surface area contributed by atoms with E-state index in [2.05, 4.69) is 20.9 Å². The van der Waals surface area contributed by atoms with Crippen LogP contribution in [0.15, 0.2) is 36.7 Å². The summed E-state index contributed by atoms with van der Waals surface area (Å²) in [4.78, 5) is 16.3. The number of hydrogen-bond donors (Lipinski definition) is 3. The molecule has 2 amide bonds. The summed E-state index contributed by atoms with van der Waals surface area (Å²) in [5, 5.41) is 10.7. The standard InChI is InChI=1S/C18H19Cl3N4O/c19-11-4-3-5-12(8-11)23-18(26)25-16-7-2-1-6-15(16)24-17-13(20)9-22-10-14(17)21/h3-5,8-10,15-16H,1-2,6-7H2,(H,22,24)(H2,23,25,26). The predicted octanol–water partition coefficient (Wildman–Crippen LogP) is 5.59. The highest BCUT2D eigenvalue weighted by Crippen LogP contribution is 2.32. The van der Waals surface area contributed by atoms with Crippen LogP contribution in [0.2, 0.25) is 15.1 Å². The number of aromatic nitrogens is 1. The Morgan fingerprint density at radius 3 is 2.42 bits per heavy atom. The molecule has 0 saturated heterocycles. The Bertz CT molecular complexity index is 767. The summed E-state index contributed by atoms with van der Waals surface area (Å²) in [7, 11) is 0. The van der Waals surface area contributed by atoms with Gasteiger partial charge in [0.05, 0.1) is 21.8 Å². The van der Waals surface area contributed by atoms with Gasteiger partial charge in [0, 0.05) is 29.1 Å². The molecule has 0 spiro atoms. The van der Waals surface area contributed by atoms with E-state index >= 15 is 0 Å². The minimum Gasteiger partial charge on any atom is -0.378 e. The van der Waals surface area contributed by atoms with Crippen molar-refractivity contribution in [2.24, 2.45) is 0 Å². The van der Waals surface area contributed by atoms with Gasteiger partial charge in [0.1, 0.15) is 0 Å². The van der Waals surface area contributed by atoms with Crippen molar-refractivity contribution < 1.29 is 4.79 Å². The summed E-state index contributed by atoms with van der Waals surface area (Å²) in [5.41, 5.74) is 1.30. The molecule has 1 aliphatic rings. The lowest BCUT2D eigenvalue weighted by molar-refractivity contribution is 0.242. The summed E-state index contributed by atoms with van der Waals surface area (Å²) in [5.74, 6) is 0. The zero-order chi connectivity index (χ0) is 18.5. The number of halogens is 3. The molecule has 138 valence electrons. The second-order valence-corrected chi connectivity index (χ2v) is 7.48. The number of carbonyl (C=O) groups is 1. The molecule has 1 heterocycles. The van der Waals surface area contributed by atoms with Crippen molar-refractivity contribution in [3.05, 3.63) is 51.7 Å². The summed E-state index contributed by atoms with van der Waals surface area (Å²) in [6.07, 6.45) is 7.02. The molecule has 1 aromatic heterocycles. The molecule has 1 saturated carbocycles. The van der Waals surface area contributed by atoms with Crippen LogP contribution in [-0.2, 0) is 0 Å². The molecule has 0 radical (unpaired) electrons. The summed E-state index contributed by atoms with van der Waals surface area (Å²) in [6.45, 7) is 0. The first-order valence-corrected chi connectivity index (χ1v) is 9.55. The highest BCUT2D eigenvalue weighted by molar-refractivity contribution is 6.38. The topological polar surface area (TPSA) is 66.1 Å². The normalized spacial score (nSPS) is 19.7. The quantitative estimate of drug-likeness (QED) is 0.612. The molecule has 3 N–H and O–H groups in total. The number of rotatable bonds is 4. The first-order valence-electron chi connectivity index (χ1n) is 8.41. The first kappa shape index (κ1) is 19.1. The van der Waals surface area contributed by atoms with Crippen molar-refractivity contribution >= 4 is 52.2 Å². The van der Waals surface area contributed by atoms with Gasteiger partial charge < -0.3 is 16.0 Å². The van der Waals surface area contributed by atoms with E-state index in [0.29, 0.717) is 26.4 Å². The van der Waals surface area contributed by atoms with Gasteiger partial charge >= 0.3 is 6.03 Å². The van der Waals surface area contributed by atoms with Gasteiger partial charge in [-0.2, -0.15) is 0 Å². The van der Waals surface area contributed by atoms with Gasteiger partial charge in [-0.1, -0.05) is 53.7 Å². The Morgan fingerprint density at radius 2 is 1.73 bits per heavy atom. The third-order valence-corrected chi connectivity index (χ3v) is 5.16. The second-order valence-electron chi connectivity index (χ2n) is 6.23. The lowest BCUT2D eigenvalue weighted by Crippen LogP contribution is -2.49. The van der Waals surface area contributed by atoms with Crippen molar-refractivity contribution in [3.63, 3.8) is 0 Å². The molecule has 2 atom stereocenters. The van der Waals surface area contributed by atoms with Crippen molar-refractivity contribution in [2.45, 2.75) is 37.8 Å². The Balaban J connectivity index is 1.66. The van der Waals surface area contributed by atoms with Crippen LogP contribution < -0.4 is 16.0 Å². The lowest BCUT2D eigenvalue weighted by atomic mass is 9.90. The minimum atomic E-state index is -0.266. The van der Waals surface area contributed by atoms with Crippen molar-refractivity contribution in [3.8, 4) is 0 Å². The van der Waals surface area contributed by atoms with E-state index in [-0.39, 0.29) is 18.1 Å². The highest BCUT2D eigenvalue weighted by atomic mass is 35.5. The van der Waals surface area contributed by atoms with E-state index < -0.39 is 0 Å². The minimum absolute atomic E-state index is 0.0336. The van der Waals surface area contributed by atoms with Gasteiger partial charge in [0.25, 0.3) is 0 Å². The van der Waals surface area contributed by atoms with Crippen LogP contribution in [0.5, 0.6) is 0 Å². The number of pyridine rings is 1. The zero-order valence-corrected chi connectivity index (χ0v) is 16.2. The van der Waals surface area contributed by atoms with Crippen molar-refractivity contribution in [1.29, 1.82) is 0 Å². The first-order chi connectivity index (χ1) is 12.5. The molecule has 1 fully saturated rings. The average Bonchev–Trinajstić information content (AvgIpc) is 2.59. The number of urea groups is 1. The van der Waals surface area contributed by atoms with E-state index in [9.17, 15) is 4.79 Å². The molecule has 26 heavy (non-hydrogen) atoms. The summed E-state index contributed by atoms with van der Waals surface area (Å²) in [6, 6.07) is 6.77. The number of carbonyl (C=O) groups excluding carboxylic acids is 1. The molecular formula is C18H19Cl3N4O. The maximum Gasteiger partial charge on any atom is 0.319 e. The lowest BCUT2D eigenvalue weighted by Gasteiger charge is -2.33. The molecule has 0 aliphatic heterocycles. The van der Waals surface area contributed by atoms with E-state index in [1.807, 2.05) is 0 Å². The molecule has 0 bridgehead atoms. The number of amides is 2. The van der Waals surface area contributed by atoms with Gasteiger partial charge in [0.15, 0.2) is 0 Å². The van der Waals surface area contributed by atoms with Crippen LogP contribution >= 0.6 is 34.8 Å². The molecule has 2 unspecified atom stereocenters. The van der Waals surface area contributed by atoms with Crippen LogP contribution in [0.4, 0.5) is 16.2 Å².